The summed E-state index contributed by atoms with van der Waals surface area (Å²) in [5.41, 5.74) is 6.99. The van der Waals surface area contributed by atoms with E-state index in [4.69, 9.17) is 5.73 Å². The Kier molecular flexibility index (Phi) is 3.90. The number of carbonyl (C=O) groups is 1. The summed E-state index contributed by atoms with van der Waals surface area (Å²) < 4.78 is 0. The zero-order chi connectivity index (χ0) is 13.1. The molecule has 2 rings (SSSR count). The van der Waals surface area contributed by atoms with E-state index in [1.54, 1.807) is 24.3 Å². The Balaban J connectivity index is 1.96. The molecule has 2 unspecified atom stereocenters. The minimum absolute atomic E-state index is 0.0151. The molecule has 3 nitrogen and oxygen atoms in total. The standard InChI is InChI=1S/C15H22N2O/c1-10-7-11(2)9-14(8-10)17-15(18)12-3-5-13(16)6-4-12/h3-6,10-11,14H,7-9,16H2,1-2H3,(H,17,18). The first-order valence-corrected chi connectivity index (χ1v) is 6.71. The molecule has 0 heterocycles. The summed E-state index contributed by atoms with van der Waals surface area (Å²) in [6.07, 6.45) is 3.45. The third kappa shape index (κ3) is 3.25. The molecule has 1 aromatic rings. The average Bonchev–Trinajstić information content (AvgIpc) is 2.28. The van der Waals surface area contributed by atoms with Crippen LogP contribution in [0.1, 0.15) is 43.5 Å². The maximum Gasteiger partial charge on any atom is 0.251 e. The topological polar surface area (TPSA) is 55.1 Å². The number of nitrogen functional groups attached to an aromatic ring is 1. The number of amides is 1. The second-order valence-electron chi connectivity index (χ2n) is 5.71. The fraction of sp³-hybridized carbons (Fsp3) is 0.533. The van der Waals surface area contributed by atoms with Crippen molar-refractivity contribution in [3.05, 3.63) is 29.8 Å². The summed E-state index contributed by atoms with van der Waals surface area (Å²) in [5, 5.41) is 3.14. The van der Waals surface area contributed by atoms with Crippen LogP contribution in [0, 0.1) is 11.8 Å². The van der Waals surface area contributed by atoms with Gasteiger partial charge in [0.05, 0.1) is 0 Å². The SMILES string of the molecule is CC1CC(C)CC(NC(=O)c2ccc(N)cc2)C1. The van der Waals surface area contributed by atoms with Crippen molar-refractivity contribution in [1.29, 1.82) is 0 Å². The zero-order valence-electron chi connectivity index (χ0n) is 11.1. The fourth-order valence-electron chi connectivity index (χ4n) is 2.97. The minimum atomic E-state index is 0.0151. The molecule has 1 amide bonds. The van der Waals surface area contributed by atoms with E-state index in [0.29, 0.717) is 29.1 Å². The van der Waals surface area contributed by atoms with E-state index < -0.39 is 0 Å². The second kappa shape index (κ2) is 5.42. The highest BCUT2D eigenvalue weighted by atomic mass is 16.1. The number of rotatable bonds is 2. The van der Waals surface area contributed by atoms with Crippen LogP contribution >= 0.6 is 0 Å². The van der Waals surface area contributed by atoms with Crippen LogP contribution in [0.5, 0.6) is 0 Å². The smallest absolute Gasteiger partial charge is 0.251 e. The number of benzene rings is 1. The van der Waals surface area contributed by atoms with Crippen molar-refractivity contribution >= 4 is 11.6 Å². The first kappa shape index (κ1) is 12.9. The molecule has 0 bridgehead atoms. The quantitative estimate of drug-likeness (QED) is 0.788. The fourth-order valence-corrected chi connectivity index (χ4v) is 2.97. The molecule has 98 valence electrons. The van der Waals surface area contributed by atoms with Crippen molar-refractivity contribution in [3.63, 3.8) is 0 Å². The Bertz CT molecular complexity index is 403. The van der Waals surface area contributed by atoms with Crippen LogP contribution in [0.4, 0.5) is 5.69 Å². The molecule has 3 heteroatoms. The molecule has 1 fully saturated rings. The maximum absolute atomic E-state index is 12.1. The van der Waals surface area contributed by atoms with E-state index in [1.165, 1.54) is 6.42 Å². The van der Waals surface area contributed by atoms with Gasteiger partial charge in [0.1, 0.15) is 0 Å². The first-order chi connectivity index (χ1) is 8.54. The van der Waals surface area contributed by atoms with Crippen LogP contribution in [-0.2, 0) is 0 Å². The van der Waals surface area contributed by atoms with Gasteiger partial charge in [0.25, 0.3) is 5.91 Å². The molecule has 0 aromatic heterocycles. The molecule has 1 aromatic carbocycles. The summed E-state index contributed by atoms with van der Waals surface area (Å²) in [5.74, 6) is 1.41. The maximum atomic E-state index is 12.1. The minimum Gasteiger partial charge on any atom is -0.399 e. The number of hydrogen-bond acceptors (Lipinski definition) is 2. The summed E-state index contributed by atoms with van der Waals surface area (Å²) >= 11 is 0. The third-order valence-electron chi connectivity index (χ3n) is 3.69. The largest absolute Gasteiger partial charge is 0.399 e. The van der Waals surface area contributed by atoms with Crippen molar-refractivity contribution in [1.82, 2.24) is 5.32 Å². The molecular formula is C15H22N2O. The number of nitrogens with two attached hydrogens (primary N) is 1. The lowest BCUT2D eigenvalue weighted by Gasteiger charge is -2.31. The molecule has 3 N–H and O–H groups in total. The summed E-state index contributed by atoms with van der Waals surface area (Å²) in [4.78, 5) is 12.1. The Hall–Kier alpha value is -1.51. The summed E-state index contributed by atoms with van der Waals surface area (Å²) in [6.45, 7) is 4.52. The van der Waals surface area contributed by atoms with E-state index in [1.807, 2.05) is 0 Å². The lowest BCUT2D eigenvalue weighted by atomic mass is 9.80. The van der Waals surface area contributed by atoms with E-state index in [2.05, 4.69) is 19.2 Å². The molecule has 1 saturated carbocycles. The van der Waals surface area contributed by atoms with Crippen LogP contribution in [0.2, 0.25) is 0 Å². The van der Waals surface area contributed by atoms with Crippen LogP contribution in [0.25, 0.3) is 0 Å². The van der Waals surface area contributed by atoms with Gasteiger partial charge >= 0.3 is 0 Å². The predicted octanol–water partition coefficient (Wildman–Crippen LogP) is 2.82. The van der Waals surface area contributed by atoms with Crippen molar-refractivity contribution in [2.24, 2.45) is 11.8 Å². The van der Waals surface area contributed by atoms with E-state index in [9.17, 15) is 4.79 Å². The summed E-state index contributed by atoms with van der Waals surface area (Å²) in [6, 6.07) is 7.40. The lowest BCUT2D eigenvalue weighted by molar-refractivity contribution is 0.0911. The van der Waals surface area contributed by atoms with Gasteiger partial charge in [-0.2, -0.15) is 0 Å². The molecule has 2 atom stereocenters. The molecule has 1 aliphatic carbocycles. The number of hydrogen-bond donors (Lipinski definition) is 2. The van der Waals surface area contributed by atoms with Gasteiger partial charge in [0.2, 0.25) is 0 Å². The van der Waals surface area contributed by atoms with Crippen molar-refractivity contribution in [3.8, 4) is 0 Å². The van der Waals surface area contributed by atoms with Crippen LogP contribution in [0.15, 0.2) is 24.3 Å². The van der Waals surface area contributed by atoms with Crippen molar-refractivity contribution in [2.45, 2.75) is 39.2 Å². The van der Waals surface area contributed by atoms with E-state index >= 15 is 0 Å². The van der Waals surface area contributed by atoms with Crippen LogP contribution in [0.3, 0.4) is 0 Å². The Morgan fingerprint density at radius 2 is 1.67 bits per heavy atom. The molecular weight excluding hydrogens is 224 g/mol. The van der Waals surface area contributed by atoms with Gasteiger partial charge in [0.15, 0.2) is 0 Å². The van der Waals surface area contributed by atoms with Gasteiger partial charge in [0, 0.05) is 17.3 Å². The van der Waals surface area contributed by atoms with Crippen LogP contribution < -0.4 is 11.1 Å². The highest BCUT2D eigenvalue weighted by molar-refractivity contribution is 5.94. The highest BCUT2D eigenvalue weighted by Crippen LogP contribution is 2.28. The predicted molar refractivity (Wildman–Crippen MR) is 74.3 cm³/mol. The normalized spacial score (nSPS) is 27.8. The van der Waals surface area contributed by atoms with Gasteiger partial charge < -0.3 is 11.1 Å². The molecule has 0 saturated heterocycles. The van der Waals surface area contributed by atoms with E-state index in [-0.39, 0.29) is 5.91 Å². The van der Waals surface area contributed by atoms with Crippen molar-refractivity contribution in [2.75, 3.05) is 5.73 Å². The molecule has 1 aliphatic rings. The number of carbonyl (C=O) groups excluding carboxylic acids is 1. The highest BCUT2D eigenvalue weighted by Gasteiger charge is 2.25. The molecule has 0 radical (unpaired) electrons. The van der Waals surface area contributed by atoms with Gasteiger partial charge in [-0.05, 0) is 55.4 Å². The van der Waals surface area contributed by atoms with Gasteiger partial charge in [-0.3, -0.25) is 4.79 Å². The Morgan fingerprint density at radius 1 is 1.11 bits per heavy atom. The summed E-state index contributed by atoms with van der Waals surface area (Å²) in [7, 11) is 0. The Morgan fingerprint density at radius 3 is 2.22 bits per heavy atom. The van der Waals surface area contributed by atoms with Gasteiger partial charge in [-0.25, -0.2) is 0 Å². The molecule has 18 heavy (non-hydrogen) atoms. The number of anilines is 1. The third-order valence-corrected chi connectivity index (χ3v) is 3.69. The van der Waals surface area contributed by atoms with Crippen molar-refractivity contribution < 1.29 is 4.79 Å². The lowest BCUT2D eigenvalue weighted by Crippen LogP contribution is -2.40. The number of nitrogens with one attached hydrogen (secondary N) is 1. The van der Waals surface area contributed by atoms with Gasteiger partial charge in [-0.1, -0.05) is 13.8 Å². The zero-order valence-corrected chi connectivity index (χ0v) is 11.1. The molecule has 0 aliphatic heterocycles. The molecule has 0 spiro atoms. The van der Waals surface area contributed by atoms with Gasteiger partial charge in [-0.15, -0.1) is 0 Å². The van der Waals surface area contributed by atoms with E-state index in [0.717, 1.165) is 12.8 Å². The second-order valence-corrected chi connectivity index (χ2v) is 5.71. The first-order valence-electron chi connectivity index (χ1n) is 6.71. The van der Waals surface area contributed by atoms with Crippen LogP contribution in [-0.4, -0.2) is 11.9 Å². The average molecular weight is 246 g/mol. The monoisotopic (exact) mass is 246 g/mol. The Labute approximate surface area is 109 Å².